The lowest BCUT2D eigenvalue weighted by atomic mass is 10.1. The van der Waals surface area contributed by atoms with Crippen LogP contribution in [0.3, 0.4) is 0 Å². The van der Waals surface area contributed by atoms with Gasteiger partial charge in [-0.1, -0.05) is 22.0 Å². The van der Waals surface area contributed by atoms with E-state index in [2.05, 4.69) is 26.2 Å². The molecule has 1 aromatic heterocycles. The molecule has 1 aliphatic heterocycles. The van der Waals surface area contributed by atoms with Crippen LogP contribution in [0.5, 0.6) is 11.5 Å². The molecule has 2 aromatic rings. The van der Waals surface area contributed by atoms with Gasteiger partial charge in [0.15, 0.2) is 11.5 Å². The van der Waals surface area contributed by atoms with Crippen LogP contribution in [0, 0.1) is 0 Å². The second-order valence-electron chi connectivity index (χ2n) is 5.04. The van der Waals surface area contributed by atoms with Crippen LogP contribution < -0.4 is 14.8 Å². The predicted octanol–water partition coefficient (Wildman–Crippen LogP) is 4.14. The minimum absolute atomic E-state index is 0.156. The Morgan fingerprint density at radius 3 is 2.70 bits per heavy atom. The number of carbonyl (C=O) groups is 1. The first kappa shape index (κ1) is 15.6. The van der Waals surface area contributed by atoms with E-state index in [-0.39, 0.29) is 12.7 Å². The third-order valence-electron chi connectivity index (χ3n) is 3.57. The Hall–Kier alpha value is -2.34. The third kappa shape index (κ3) is 3.22. The molecule has 0 atom stereocenters. The molecule has 6 heteroatoms. The van der Waals surface area contributed by atoms with E-state index in [0.717, 1.165) is 21.3 Å². The van der Waals surface area contributed by atoms with Crippen LogP contribution in [0.15, 0.2) is 46.6 Å². The maximum absolute atomic E-state index is 11.8. The summed E-state index contributed by atoms with van der Waals surface area (Å²) < 4.78 is 11.6. The number of fused-ring (bicyclic) bond motifs is 1. The van der Waals surface area contributed by atoms with Gasteiger partial charge in [-0.2, -0.15) is 0 Å². The molecule has 0 aliphatic carbocycles. The first-order valence-electron chi connectivity index (χ1n) is 7.08. The number of allylic oxidation sites excluding steroid dienone is 1. The summed E-state index contributed by atoms with van der Waals surface area (Å²) >= 11 is 3.53. The summed E-state index contributed by atoms with van der Waals surface area (Å²) in [7, 11) is 0. The van der Waals surface area contributed by atoms with Crippen LogP contribution in [-0.4, -0.2) is 17.7 Å². The van der Waals surface area contributed by atoms with Crippen LogP contribution in [0.25, 0.3) is 11.1 Å². The van der Waals surface area contributed by atoms with Crippen molar-refractivity contribution in [1.82, 2.24) is 4.98 Å². The number of carbonyl (C=O) groups excluding carboxylic acids is 1. The summed E-state index contributed by atoms with van der Waals surface area (Å²) in [5, 5.41) is 2.75. The number of nitrogens with one attached hydrogen (secondary N) is 1. The van der Waals surface area contributed by atoms with Gasteiger partial charge in [0, 0.05) is 27.4 Å². The van der Waals surface area contributed by atoms with Gasteiger partial charge in [0.2, 0.25) is 6.79 Å². The molecule has 3 rings (SSSR count). The molecule has 5 nitrogen and oxygen atoms in total. The number of benzene rings is 1. The monoisotopic (exact) mass is 374 g/mol. The van der Waals surface area contributed by atoms with Crippen LogP contribution in [0.2, 0.25) is 0 Å². The molecule has 0 unspecified atom stereocenters. The van der Waals surface area contributed by atoms with E-state index in [4.69, 9.17) is 9.47 Å². The van der Waals surface area contributed by atoms with Crippen molar-refractivity contribution in [3.63, 3.8) is 0 Å². The first-order chi connectivity index (χ1) is 11.1. The second-order valence-corrected chi connectivity index (χ2v) is 5.90. The number of pyridine rings is 1. The van der Waals surface area contributed by atoms with Crippen molar-refractivity contribution in [3.8, 4) is 22.6 Å². The normalized spacial score (nSPS) is 13.1. The van der Waals surface area contributed by atoms with E-state index >= 15 is 0 Å². The fraction of sp³-hybridized carbons (Fsp3) is 0.176. The summed E-state index contributed by atoms with van der Waals surface area (Å²) in [5.41, 5.74) is 2.51. The molecule has 0 saturated carbocycles. The third-order valence-corrected chi connectivity index (χ3v) is 4.23. The van der Waals surface area contributed by atoms with Crippen molar-refractivity contribution < 1.29 is 14.3 Å². The Kier molecular flexibility index (Phi) is 4.34. The maximum Gasteiger partial charge on any atom is 0.252 e. The second kappa shape index (κ2) is 6.42. The van der Waals surface area contributed by atoms with Gasteiger partial charge in [0.05, 0.1) is 0 Å². The highest BCUT2D eigenvalue weighted by molar-refractivity contribution is 9.10. The summed E-state index contributed by atoms with van der Waals surface area (Å²) in [6, 6.07) is 7.46. The lowest BCUT2D eigenvalue weighted by molar-refractivity contribution is -0.112. The van der Waals surface area contributed by atoms with E-state index in [1.807, 2.05) is 25.1 Å². The van der Waals surface area contributed by atoms with Crippen molar-refractivity contribution in [2.45, 2.75) is 13.8 Å². The van der Waals surface area contributed by atoms with Gasteiger partial charge in [-0.3, -0.25) is 4.79 Å². The minimum atomic E-state index is -0.156. The van der Waals surface area contributed by atoms with Crippen molar-refractivity contribution in [2.75, 3.05) is 12.1 Å². The molecule has 0 bridgehead atoms. The Bertz CT molecular complexity index is 785. The lowest BCUT2D eigenvalue weighted by Crippen LogP contribution is -2.13. The number of halogens is 1. The van der Waals surface area contributed by atoms with Crippen LogP contribution in [0.4, 0.5) is 5.82 Å². The maximum atomic E-state index is 11.8. The fourth-order valence-electron chi connectivity index (χ4n) is 2.11. The number of hydrogen-bond donors (Lipinski definition) is 1. The number of nitrogens with zero attached hydrogens (tertiary/aromatic N) is 1. The number of amides is 1. The highest BCUT2D eigenvalue weighted by atomic mass is 79.9. The van der Waals surface area contributed by atoms with Gasteiger partial charge < -0.3 is 14.8 Å². The SMILES string of the molecule is CC=C(C)C(=O)Nc1ccc(-c2cc3c(cc2Br)OCO3)cn1. The average molecular weight is 375 g/mol. The molecule has 1 amide bonds. The Morgan fingerprint density at radius 1 is 1.30 bits per heavy atom. The molecule has 1 aromatic carbocycles. The number of hydrogen-bond acceptors (Lipinski definition) is 4. The molecular formula is C17H15BrN2O3. The van der Waals surface area contributed by atoms with E-state index in [0.29, 0.717) is 17.1 Å². The van der Waals surface area contributed by atoms with E-state index in [1.165, 1.54) is 0 Å². The largest absolute Gasteiger partial charge is 0.454 e. The Balaban J connectivity index is 1.84. The van der Waals surface area contributed by atoms with E-state index in [1.54, 1.807) is 25.3 Å². The Labute approximate surface area is 142 Å². The Morgan fingerprint density at radius 2 is 2.04 bits per heavy atom. The van der Waals surface area contributed by atoms with Gasteiger partial charge in [0.1, 0.15) is 5.82 Å². The van der Waals surface area contributed by atoms with Crippen molar-refractivity contribution in [2.24, 2.45) is 0 Å². The van der Waals surface area contributed by atoms with Crippen LogP contribution >= 0.6 is 15.9 Å². The molecule has 0 fully saturated rings. The van der Waals surface area contributed by atoms with E-state index < -0.39 is 0 Å². The first-order valence-corrected chi connectivity index (χ1v) is 7.87. The molecule has 118 valence electrons. The minimum Gasteiger partial charge on any atom is -0.454 e. The molecule has 0 spiro atoms. The molecule has 0 saturated heterocycles. The van der Waals surface area contributed by atoms with Crippen molar-refractivity contribution in [3.05, 3.63) is 46.6 Å². The van der Waals surface area contributed by atoms with Gasteiger partial charge >= 0.3 is 0 Å². The van der Waals surface area contributed by atoms with E-state index in [9.17, 15) is 4.79 Å². The van der Waals surface area contributed by atoms with Gasteiger partial charge in [-0.15, -0.1) is 0 Å². The molecule has 1 N–H and O–H groups in total. The molecule has 23 heavy (non-hydrogen) atoms. The van der Waals surface area contributed by atoms with Crippen molar-refractivity contribution >= 4 is 27.7 Å². The zero-order valence-corrected chi connectivity index (χ0v) is 14.3. The molecular weight excluding hydrogens is 360 g/mol. The molecule has 2 heterocycles. The smallest absolute Gasteiger partial charge is 0.252 e. The van der Waals surface area contributed by atoms with Crippen LogP contribution in [-0.2, 0) is 4.79 Å². The standard InChI is InChI=1S/C17H15BrN2O3/c1-3-10(2)17(21)20-16-5-4-11(8-19-16)12-6-14-15(7-13(12)18)23-9-22-14/h3-8H,9H2,1-2H3,(H,19,20,21). The predicted molar refractivity (Wildman–Crippen MR) is 91.6 cm³/mol. The number of rotatable bonds is 3. The summed E-state index contributed by atoms with van der Waals surface area (Å²) in [6.07, 6.45) is 3.47. The van der Waals surface area contributed by atoms with Gasteiger partial charge in [-0.25, -0.2) is 4.98 Å². The van der Waals surface area contributed by atoms with Gasteiger partial charge in [0.25, 0.3) is 5.91 Å². The zero-order chi connectivity index (χ0) is 16.4. The summed E-state index contributed by atoms with van der Waals surface area (Å²) in [4.78, 5) is 16.1. The fourth-order valence-corrected chi connectivity index (χ4v) is 2.66. The quantitative estimate of drug-likeness (QED) is 0.819. The average Bonchev–Trinajstić information content (AvgIpc) is 3.01. The number of ether oxygens (including phenoxy) is 2. The topological polar surface area (TPSA) is 60.5 Å². The lowest BCUT2D eigenvalue weighted by Gasteiger charge is -2.08. The molecule has 1 aliphatic rings. The van der Waals surface area contributed by atoms with Crippen molar-refractivity contribution in [1.29, 1.82) is 0 Å². The van der Waals surface area contributed by atoms with Gasteiger partial charge in [-0.05, 0) is 38.1 Å². The summed E-state index contributed by atoms with van der Waals surface area (Å²) in [6.45, 7) is 3.81. The summed E-state index contributed by atoms with van der Waals surface area (Å²) in [5.74, 6) is 1.79. The zero-order valence-electron chi connectivity index (χ0n) is 12.7. The highest BCUT2D eigenvalue weighted by Gasteiger charge is 2.17. The highest BCUT2D eigenvalue weighted by Crippen LogP contribution is 2.40. The molecule has 0 radical (unpaired) electrons. The van der Waals surface area contributed by atoms with Crippen LogP contribution in [0.1, 0.15) is 13.8 Å². The number of aromatic nitrogens is 1. The number of anilines is 1.